The number of benzene rings is 1. The van der Waals surface area contributed by atoms with E-state index in [1.807, 2.05) is 42.6 Å². The van der Waals surface area contributed by atoms with E-state index in [1.54, 1.807) is 11.3 Å². The van der Waals surface area contributed by atoms with E-state index in [-0.39, 0.29) is 11.9 Å². The van der Waals surface area contributed by atoms with Crippen molar-refractivity contribution < 1.29 is 4.79 Å². The Labute approximate surface area is 142 Å². The highest BCUT2D eigenvalue weighted by Crippen LogP contribution is 2.25. The molecule has 124 valence electrons. The summed E-state index contributed by atoms with van der Waals surface area (Å²) in [4.78, 5) is 16.6. The maximum atomic E-state index is 12.0. The molecule has 1 aromatic heterocycles. The van der Waals surface area contributed by atoms with Gasteiger partial charge in [-0.1, -0.05) is 43.2 Å². The van der Waals surface area contributed by atoms with Gasteiger partial charge in [0.2, 0.25) is 5.91 Å². The van der Waals surface area contributed by atoms with Crippen LogP contribution in [0.5, 0.6) is 0 Å². The second kappa shape index (κ2) is 9.43. The van der Waals surface area contributed by atoms with Crippen LogP contribution in [0.4, 0.5) is 0 Å². The third-order valence-electron chi connectivity index (χ3n) is 3.70. The minimum atomic E-state index is -0.0472. The lowest BCUT2D eigenvalue weighted by Gasteiger charge is -2.11. The van der Waals surface area contributed by atoms with E-state index in [0.29, 0.717) is 6.42 Å². The third kappa shape index (κ3) is 5.77. The predicted molar refractivity (Wildman–Crippen MR) is 96.2 cm³/mol. The van der Waals surface area contributed by atoms with Crippen molar-refractivity contribution in [2.24, 2.45) is 5.73 Å². The van der Waals surface area contributed by atoms with E-state index >= 15 is 0 Å². The maximum Gasteiger partial charge on any atom is 0.220 e. The summed E-state index contributed by atoms with van der Waals surface area (Å²) in [5.74, 6) is 0.0988. The molecule has 0 saturated carbocycles. The second-order valence-corrected chi connectivity index (χ2v) is 6.57. The summed E-state index contributed by atoms with van der Waals surface area (Å²) in [6, 6.07) is 10.0. The molecule has 0 saturated heterocycles. The molecule has 23 heavy (non-hydrogen) atoms. The number of carbonyl (C=O) groups excluding carboxylic acids is 1. The minimum Gasteiger partial charge on any atom is -0.347 e. The van der Waals surface area contributed by atoms with Crippen molar-refractivity contribution >= 4 is 17.2 Å². The zero-order valence-corrected chi connectivity index (χ0v) is 14.4. The van der Waals surface area contributed by atoms with Crippen molar-refractivity contribution in [2.45, 2.75) is 45.1 Å². The molecule has 1 aromatic carbocycles. The van der Waals surface area contributed by atoms with Crippen molar-refractivity contribution in [1.82, 2.24) is 10.3 Å². The van der Waals surface area contributed by atoms with E-state index in [9.17, 15) is 4.79 Å². The Balaban J connectivity index is 1.80. The number of aromatic nitrogens is 1. The smallest absolute Gasteiger partial charge is 0.220 e. The Kier molecular flexibility index (Phi) is 7.23. The van der Waals surface area contributed by atoms with E-state index in [4.69, 9.17) is 5.73 Å². The number of carbonyl (C=O) groups is 1. The summed E-state index contributed by atoms with van der Waals surface area (Å²) in [5.41, 5.74) is 7.53. The predicted octanol–water partition coefficient (Wildman–Crippen LogP) is 3.90. The van der Waals surface area contributed by atoms with Crippen LogP contribution >= 0.6 is 11.3 Å². The van der Waals surface area contributed by atoms with E-state index in [0.717, 1.165) is 48.5 Å². The van der Waals surface area contributed by atoms with Crippen molar-refractivity contribution in [2.75, 3.05) is 6.54 Å². The van der Waals surface area contributed by atoms with Crippen LogP contribution in [0.2, 0.25) is 0 Å². The zero-order chi connectivity index (χ0) is 16.5. The highest BCUT2D eigenvalue weighted by atomic mass is 32.1. The topological polar surface area (TPSA) is 68.0 Å². The van der Waals surface area contributed by atoms with Gasteiger partial charge >= 0.3 is 0 Å². The average molecular weight is 331 g/mol. The minimum absolute atomic E-state index is 0.0472. The van der Waals surface area contributed by atoms with Crippen molar-refractivity contribution in [3.8, 4) is 11.3 Å². The Hall–Kier alpha value is -1.72. The lowest BCUT2D eigenvalue weighted by Crippen LogP contribution is -2.26. The fraction of sp³-hybridized carbons (Fsp3) is 0.444. The van der Waals surface area contributed by atoms with Gasteiger partial charge in [0.1, 0.15) is 5.01 Å². The summed E-state index contributed by atoms with van der Waals surface area (Å²) >= 11 is 1.59. The zero-order valence-electron chi connectivity index (χ0n) is 13.6. The molecule has 2 aromatic rings. The van der Waals surface area contributed by atoms with E-state index in [2.05, 4.69) is 10.3 Å². The molecule has 0 aliphatic carbocycles. The van der Waals surface area contributed by atoms with Crippen LogP contribution in [0.1, 0.15) is 50.1 Å². The number of hydrogen-bond donors (Lipinski definition) is 2. The van der Waals surface area contributed by atoms with Crippen molar-refractivity contribution in [3.63, 3.8) is 0 Å². The molecule has 0 fully saturated rings. The first-order valence-corrected chi connectivity index (χ1v) is 9.09. The maximum absolute atomic E-state index is 12.0. The second-order valence-electron chi connectivity index (χ2n) is 5.68. The quantitative estimate of drug-likeness (QED) is 0.685. The molecule has 3 N–H and O–H groups in total. The number of nitrogens with two attached hydrogens (primary N) is 1. The first-order valence-electron chi connectivity index (χ1n) is 8.21. The van der Waals surface area contributed by atoms with Crippen molar-refractivity contribution in [3.05, 3.63) is 40.7 Å². The van der Waals surface area contributed by atoms with Crippen LogP contribution in [0.25, 0.3) is 11.3 Å². The van der Waals surface area contributed by atoms with Crippen LogP contribution in [0.3, 0.4) is 0 Å². The Morgan fingerprint density at radius 2 is 1.96 bits per heavy atom. The molecule has 0 aliphatic rings. The molecule has 1 amide bonds. The van der Waals surface area contributed by atoms with Gasteiger partial charge in [-0.2, -0.15) is 0 Å². The number of nitrogens with one attached hydrogen (secondary N) is 1. The molecule has 1 heterocycles. The molecular weight excluding hydrogens is 306 g/mol. The van der Waals surface area contributed by atoms with Crippen LogP contribution < -0.4 is 11.1 Å². The number of amides is 1. The highest BCUT2D eigenvalue weighted by Gasteiger charge is 2.13. The van der Waals surface area contributed by atoms with Gasteiger partial charge in [-0.25, -0.2) is 4.98 Å². The average Bonchev–Trinajstić information content (AvgIpc) is 3.05. The van der Waals surface area contributed by atoms with E-state index in [1.165, 1.54) is 0 Å². The van der Waals surface area contributed by atoms with Crippen LogP contribution in [0, 0.1) is 0 Å². The van der Waals surface area contributed by atoms with Crippen molar-refractivity contribution in [1.29, 1.82) is 0 Å². The Bertz CT molecular complexity index is 597. The molecule has 2 rings (SSSR count). The van der Waals surface area contributed by atoms with E-state index < -0.39 is 0 Å². The Morgan fingerprint density at radius 1 is 1.22 bits per heavy atom. The van der Waals surface area contributed by atoms with Crippen LogP contribution in [-0.2, 0) is 4.79 Å². The van der Waals surface area contributed by atoms with Crippen LogP contribution in [-0.4, -0.2) is 17.4 Å². The monoisotopic (exact) mass is 331 g/mol. The highest BCUT2D eigenvalue weighted by molar-refractivity contribution is 7.10. The van der Waals surface area contributed by atoms with Gasteiger partial charge in [-0.05, 0) is 26.3 Å². The first kappa shape index (κ1) is 17.6. The molecule has 1 unspecified atom stereocenters. The fourth-order valence-corrected chi connectivity index (χ4v) is 3.22. The molecule has 0 bridgehead atoms. The summed E-state index contributed by atoms with van der Waals surface area (Å²) < 4.78 is 0. The molecule has 0 aliphatic heterocycles. The van der Waals surface area contributed by atoms with Gasteiger partial charge in [-0.3, -0.25) is 4.79 Å². The normalized spacial score (nSPS) is 12.1. The summed E-state index contributed by atoms with van der Waals surface area (Å²) in [5, 5.41) is 6.02. The standard InChI is InChI=1S/C18H25N3OS/c1-14(20-17(22)11-7-2-3-8-12-19)18-21-16(13-23-18)15-9-5-4-6-10-15/h4-6,9-10,13-14H,2-3,7-8,11-12,19H2,1H3,(H,20,22). The summed E-state index contributed by atoms with van der Waals surface area (Å²) in [7, 11) is 0. The molecule has 5 heteroatoms. The molecular formula is C18H25N3OS. The molecule has 4 nitrogen and oxygen atoms in total. The number of nitrogens with zero attached hydrogens (tertiary/aromatic N) is 1. The SMILES string of the molecule is CC(NC(=O)CCCCCCN)c1nc(-c2ccccc2)cs1. The van der Waals surface area contributed by atoms with Crippen LogP contribution in [0.15, 0.2) is 35.7 Å². The van der Waals surface area contributed by atoms with Gasteiger partial charge in [-0.15, -0.1) is 11.3 Å². The largest absolute Gasteiger partial charge is 0.347 e. The fourth-order valence-electron chi connectivity index (χ4n) is 2.39. The molecule has 1 atom stereocenters. The first-order chi connectivity index (χ1) is 11.2. The number of thiazole rings is 1. The lowest BCUT2D eigenvalue weighted by molar-refractivity contribution is -0.121. The molecule has 0 radical (unpaired) electrons. The summed E-state index contributed by atoms with van der Waals surface area (Å²) in [6.45, 7) is 2.72. The summed E-state index contributed by atoms with van der Waals surface area (Å²) in [6.07, 6.45) is 4.71. The number of rotatable bonds is 9. The van der Waals surface area contributed by atoms with Gasteiger partial charge in [0, 0.05) is 17.4 Å². The third-order valence-corrected chi connectivity index (χ3v) is 4.72. The number of hydrogen-bond acceptors (Lipinski definition) is 4. The number of unbranched alkanes of at least 4 members (excludes halogenated alkanes) is 3. The Morgan fingerprint density at radius 3 is 2.70 bits per heavy atom. The van der Waals surface area contributed by atoms with Gasteiger partial charge in [0.05, 0.1) is 11.7 Å². The molecule has 0 spiro atoms. The lowest BCUT2D eigenvalue weighted by atomic mass is 10.1. The van der Waals surface area contributed by atoms with Gasteiger partial charge in [0.15, 0.2) is 0 Å². The van der Waals surface area contributed by atoms with Gasteiger partial charge in [0.25, 0.3) is 0 Å². The van der Waals surface area contributed by atoms with Gasteiger partial charge < -0.3 is 11.1 Å².